The molecule has 5 nitrogen and oxygen atoms in total. The van der Waals surface area contributed by atoms with Gasteiger partial charge in [-0.15, -0.1) is 0 Å². The molecule has 2 rings (SSSR count). The molecule has 0 saturated carbocycles. The molecule has 21 heavy (non-hydrogen) atoms. The molecule has 0 heterocycles. The molecule has 0 unspecified atom stereocenters. The third-order valence-corrected chi connectivity index (χ3v) is 3.25. The van der Waals surface area contributed by atoms with Gasteiger partial charge in [-0.1, -0.05) is 41.9 Å². The van der Waals surface area contributed by atoms with E-state index in [1.165, 1.54) is 18.2 Å². The Kier molecular flexibility index (Phi) is 4.90. The van der Waals surface area contributed by atoms with Gasteiger partial charge in [0.1, 0.15) is 0 Å². The van der Waals surface area contributed by atoms with Crippen molar-refractivity contribution in [3.05, 3.63) is 69.2 Å². The lowest BCUT2D eigenvalue weighted by Crippen LogP contribution is -2.12. The van der Waals surface area contributed by atoms with E-state index in [0.717, 1.165) is 5.56 Å². The highest BCUT2D eigenvalue weighted by molar-refractivity contribution is 6.33. The first kappa shape index (κ1) is 15.0. The van der Waals surface area contributed by atoms with E-state index in [-0.39, 0.29) is 28.7 Å². The zero-order valence-electron chi connectivity index (χ0n) is 11.1. The molecule has 0 atom stereocenters. The topological polar surface area (TPSA) is 72.2 Å². The summed E-state index contributed by atoms with van der Waals surface area (Å²) < 4.78 is 0. The van der Waals surface area contributed by atoms with Crippen molar-refractivity contribution in [2.75, 3.05) is 5.32 Å². The van der Waals surface area contributed by atoms with Gasteiger partial charge in [-0.25, -0.2) is 0 Å². The number of nitro groups is 1. The van der Waals surface area contributed by atoms with Gasteiger partial charge in [0.2, 0.25) is 5.91 Å². The summed E-state index contributed by atoms with van der Waals surface area (Å²) in [4.78, 5) is 22.1. The van der Waals surface area contributed by atoms with Crippen LogP contribution < -0.4 is 5.32 Å². The fourth-order valence-electron chi connectivity index (χ4n) is 1.84. The number of nitro benzene ring substituents is 1. The molecule has 108 valence electrons. The molecule has 0 spiro atoms. The number of non-ortho nitro benzene ring substituents is 1. The zero-order valence-corrected chi connectivity index (χ0v) is 11.8. The Balaban J connectivity index is 1.99. The van der Waals surface area contributed by atoms with E-state index in [1.54, 1.807) is 0 Å². The number of carbonyl (C=O) groups is 1. The van der Waals surface area contributed by atoms with Gasteiger partial charge in [0.05, 0.1) is 15.6 Å². The maximum absolute atomic E-state index is 11.9. The molecule has 0 bridgehead atoms. The Morgan fingerprint density at radius 1 is 1.19 bits per heavy atom. The first-order valence-electron chi connectivity index (χ1n) is 6.34. The van der Waals surface area contributed by atoms with Crippen molar-refractivity contribution in [2.45, 2.75) is 12.8 Å². The smallest absolute Gasteiger partial charge is 0.271 e. The second-order valence-corrected chi connectivity index (χ2v) is 4.86. The number of benzene rings is 2. The highest BCUT2D eigenvalue weighted by Gasteiger charge is 2.12. The Bertz CT molecular complexity index is 659. The quantitative estimate of drug-likeness (QED) is 0.674. The highest BCUT2D eigenvalue weighted by atomic mass is 35.5. The Morgan fingerprint density at radius 3 is 2.57 bits per heavy atom. The van der Waals surface area contributed by atoms with E-state index >= 15 is 0 Å². The average Bonchev–Trinajstić information content (AvgIpc) is 2.48. The molecule has 0 radical (unpaired) electrons. The van der Waals surface area contributed by atoms with Crippen molar-refractivity contribution >= 4 is 28.9 Å². The Labute approximate surface area is 126 Å². The first-order chi connectivity index (χ1) is 10.1. The lowest BCUT2D eigenvalue weighted by molar-refractivity contribution is -0.384. The van der Waals surface area contributed by atoms with Gasteiger partial charge >= 0.3 is 0 Å². The monoisotopic (exact) mass is 304 g/mol. The molecule has 2 aromatic carbocycles. The zero-order chi connectivity index (χ0) is 15.2. The van der Waals surface area contributed by atoms with Crippen LogP contribution in [-0.2, 0) is 11.2 Å². The van der Waals surface area contributed by atoms with Gasteiger partial charge in [0.15, 0.2) is 0 Å². The fraction of sp³-hybridized carbons (Fsp3) is 0.133. The van der Waals surface area contributed by atoms with Crippen LogP contribution in [-0.4, -0.2) is 10.8 Å². The molecule has 6 heteroatoms. The van der Waals surface area contributed by atoms with Crippen molar-refractivity contribution in [3.63, 3.8) is 0 Å². The third kappa shape index (κ3) is 4.29. The fourth-order valence-corrected chi connectivity index (χ4v) is 2.00. The molecule has 0 aromatic heterocycles. The van der Waals surface area contributed by atoms with Crippen molar-refractivity contribution in [1.29, 1.82) is 0 Å². The van der Waals surface area contributed by atoms with Crippen molar-refractivity contribution < 1.29 is 9.72 Å². The molecule has 0 aliphatic heterocycles. The maximum atomic E-state index is 11.9. The minimum atomic E-state index is -0.532. The molecule has 1 N–H and O–H groups in total. The molecule has 0 saturated heterocycles. The number of aryl methyl sites for hydroxylation is 1. The number of anilines is 1. The molecule has 0 aliphatic rings. The van der Waals surface area contributed by atoms with E-state index in [2.05, 4.69) is 5.32 Å². The standard InChI is InChI=1S/C15H13ClN2O3/c16-13-8-7-12(18(20)21)10-14(13)17-15(19)9-6-11-4-2-1-3-5-11/h1-5,7-8,10H,6,9H2,(H,17,19). The number of hydrogen-bond donors (Lipinski definition) is 1. The van der Waals surface area contributed by atoms with Crippen LogP contribution in [0.15, 0.2) is 48.5 Å². The number of amides is 1. The third-order valence-electron chi connectivity index (χ3n) is 2.92. The summed E-state index contributed by atoms with van der Waals surface area (Å²) in [6.07, 6.45) is 0.877. The van der Waals surface area contributed by atoms with Gasteiger partial charge in [0, 0.05) is 18.6 Å². The molecule has 2 aromatic rings. The van der Waals surface area contributed by atoms with Crippen molar-refractivity contribution in [1.82, 2.24) is 0 Å². The molecular formula is C15H13ClN2O3. The molecule has 1 amide bonds. The lowest BCUT2D eigenvalue weighted by atomic mass is 10.1. The van der Waals surface area contributed by atoms with Gasteiger partial charge in [-0.2, -0.15) is 0 Å². The number of hydrogen-bond acceptors (Lipinski definition) is 3. The maximum Gasteiger partial charge on any atom is 0.271 e. The minimum absolute atomic E-state index is 0.113. The van der Waals surface area contributed by atoms with Gasteiger partial charge in [-0.05, 0) is 18.1 Å². The Morgan fingerprint density at radius 2 is 1.90 bits per heavy atom. The van der Waals surface area contributed by atoms with Crippen LogP contribution in [0.25, 0.3) is 0 Å². The second kappa shape index (κ2) is 6.85. The van der Waals surface area contributed by atoms with Crippen LogP contribution in [0.1, 0.15) is 12.0 Å². The van der Waals surface area contributed by atoms with Crippen LogP contribution in [0.4, 0.5) is 11.4 Å². The van der Waals surface area contributed by atoms with Gasteiger partial charge in [-0.3, -0.25) is 14.9 Å². The molecule has 0 aliphatic carbocycles. The number of halogens is 1. The van der Waals surface area contributed by atoms with E-state index in [9.17, 15) is 14.9 Å². The average molecular weight is 305 g/mol. The summed E-state index contributed by atoms with van der Waals surface area (Å²) in [6.45, 7) is 0. The molecule has 0 fully saturated rings. The normalized spacial score (nSPS) is 10.1. The SMILES string of the molecule is O=C(CCc1ccccc1)Nc1cc([N+](=O)[O-])ccc1Cl. The number of nitrogens with zero attached hydrogens (tertiary/aromatic N) is 1. The largest absolute Gasteiger partial charge is 0.325 e. The van der Waals surface area contributed by atoms with E-state index in [1.807, 2.05) is 30.3 Å². The van der Waals surface area contributed by atoms with Crippen LogP contribution in [0.2, 0.25) is 5.02 Å². The predicted molar refractivity (Wildman–Crippen MR) is 81.5 cm³/mol. The van der Waals surface area contributed by atoms with Crippen LogP contribution in [0, 0.1) is 10.1 Å². The van der Waals surface area contributed by atoms with E-state index < -0.39 is 4.92 Å². The van der Waals surface area contributed by atoms with E-state index in [0.29, 0.717) is 6.42 Å². The van der Waals surface area contributed by atoms with Crippen LogP contribution in [0.5, 0.6) is 0 Å². The van der Waals surface area contributed by atoms with Gasteiger partial charge in [0.25, 0.3) is 5.69 Å². The predicted octanol–water partition coefficient (Wildman–Crippen LogP) is 3.82. The summed E-state index contributed by atoms with van der Waals surface area (Å²) >= 11 is 5.92. The summed E-state index contributed by atoms with van der Waals surface area (Å²) in [5, 5.41) is 13.6. The molecular weight excluding hydrogens is 292 g/mol. The first-order valence-corrected chi connectivity index (χ1v) is 6.72. The summed E-state index contributed by atoms with van der Waals surface area (Å²) in [6, 6.07) is 13.5. The van der Waals surface area contributed by atoms with Crippen molar-refractivity contribution in [3.8, 4) is 0 Å². The van der Waals surface area contributed by atoms with Crippen LogP contribution in [0.3, 0.4) is 0 Å². The van der Waals surface area contributed by atoms with Crippen molar-refractivity contribution in [2.24, 2.45) is 0 Å². The highest BCUT2D eigenvalue weighted by Crippen LogP contribution is 2.26. The summed E-state index contributed by atoms with van der Waals surface area (Å²) in [7, 11) is 0. The minimum Gasteiger partial charge on any atom is -0.325 e. The summed E-state index contributed by atoms with van der Waals surface area (Å²) in [5.41, 5.74) is 1.19. The summed E-state index contributed by atoms with van der Waals surface area (Å²) in [5.74, 6) is -0.235. The number of rotatable bonds is 5. The lowest BCUT2D eigenvalue weighted by Gasteiger charge is -2.07. The van der Waals surface area contributed by atoms with E-state index in [4.69, 9.17) is 11.6 Å². The number of carbonyl (C=O) groups excluding carboxylic acids is 1. The van der Waals surface area contributed by atoms with Crippen LogP contribution >= 0.6 is 11.6 Å². The number of nitrogens with one attached hydrogen (secondary N) is 1. The second-order valence-electron chi connectivity index (χ2n) is 4.46. The Hall–Kier alpha value is -2.40. The van der Waals surface area contributed by atoms with Gasteiger partial charge < -0.3 is 5.32 Å².